The molecule has 0 atom stereocenters. The van der Waals surface area contributed by atoms with E-state index in [4.69, 9.17) is 4.74 Å². The van der Waals surface area contributed by atoms with Crippen LogP contribution in [0.3, 0.4) is 0 Å². The quantitative estimate of drug-likeness (QED) is 0.832. The highest BCUT2D eigenvalue weighted by atomic mass is 16.5. The average molecular weight is 340 g/mol. The van der Waals surface area contributed by atoms with Gasteiger partial charge >= 0.3 is 0 Å². The molecule has 0 radical (unpaired) electrons. The molecule has 2 N–H and O–H groups in total. The van der Waals surface area contributed by atoms with E-state index in [1.165, 1.54) is 12.5 Å². The lowest BCUT2D eigenvalue weighted by Crippen LogP contribution is -2.20. The molecular formula is C20H24N2O3. The molecule has 5 nitrogen and oxygen atoms in total. The monoisotopic (exact) mass is 340 g/mol. The fourth-order valence-corrected chi connectivity index (χ4v) is 2.42. The average Bonchev–Trinajstić information content (AvgIpc) is 2.52. The predicted molar refractivity (Wildman–Crippen MR) is 100 cm³/mol. The van der Waals surface area contributed by atoms with Gasteiger partial charge in [0.25, 0.3) is 5.91 Å². The summed E-state index contributed by atoms with van der Waals surface area (Å²) in [7, 11) is 0. The Morgan fingerprint density at radius 2 is 1.72 bits per heavy atom. The molecule has 0 bridgehead atoms. The Bertz CT molecular complexity index is 769. The molecule has 0 fully saturated rings. The number of carbonyl (C=O) groups is 2. The third kappa shape index (κ3) is 5.95. The largest absolute Gasteiger partial charge is 0.484 e. The molecule has 2 rings (SSSR count). The molecule has 2 aromatic rings. The van der Waals surface area contributed by atoms with Gasteiger partial charge in [-0.2, -0.15) is 0 Å². The molecule has 132 valence electrons. The standard InChI is InChI=1S/C20H24N2O3/c1-13(2)16-8-14(3)9-19(10-16)25-12-20(24)22-18-7-5-6-17(11-18)21-15(4)23/h5-11,13H,12H2,1-4H3,(H,21,23)(H,22,24). The van der Waals surface area contributed by atoms with Gasteiger partial charge in [-0.1, -0.05) is 26.0 Å². The van der Waals surface area contributed by atoms with Crippen LogP contribution in [0.15, 0.2) is 42.5 Å². The summed E-state index contributed by atoms with van der Waals surface area (Å²) in [5.41, 5.74) is 3.52. The van der Waals surface area contributed by atoms with E-state index in [1.807, 2.05) is 19.1 Å². The summed E-state index contributed by atoms with van der Waals surface area (Å²) in [4.78, 5) is 23.2. The van der Waals surface area contributed by atoms with Gasteiger partial charge in [0.2, 0.25) is 5.91 Å². The first-order chi connectivity index (χ1) is 11.8. The van der Waals surface area contributed by atoms with Gasteiger partial charge in [0.05, 0.1) is 0 Å². The van der Waals surface area contributed by atoms with Crippen molar-refractivity contribution < 1.29 is 14.3 Å². The minimum absolute atomic E-state index is 0.0780. The lowest BCUT2D eigenvalue weighted by atomic mass is 10.0. The van der Waals surface area contributed by atoms with Crippen molar-refractivity contribution in [2.75, 3.05) is 17.2 Å². The number of ether oxygens (including phenoxy) is 1. The number of anilines is 2. The van der Waals surface area contributed by atoms with Gasteiger partial charge < -0.3 is 15.4 Å². The number of nitrogens with one attached hydrogen (secondary N) is 2. The van der Waals surface area contributed by atoms with Gasteiger partial charge in [0, 0.05) is 18.3 Å². The van der Waals surface area contributed by atoms with Crippen molar-refractivity contribution in [1.82, 2.24) is 0 Å². The van der Waals surface area contributed by atoms with E-state index in [0.29, 0.717) is 23.0 Å². The van der Waals surface area contributed by atoms with Crippen LogP contribution in [-0.2, 0) is 9.59 Å². The summed E-state index contributed by atoms with van der Waals surface area (Å²) in [5, 5.41) is 5.44. The van der Waals surface area contributed by atoms with Crippen LogP contribution in [0.5, 0.6) is 5.75 Å². The van der Waals surface area contributed by atoms with Crippen LogP contribution in [-0.4, -0.2) is 18.4 Å². The van der Waals surface area contributed by atoms with E-state index in [-0.39, 0.29) is 18.4 Å². The molecule has 2 amide bonds. The van der Waals surface area contributed by atoms with Gasteiger partial charge in [-0.3, -0.25) is 9.59 Å². The lowest BCUT2D eigenvalue weighted by molar-refractivity contribution is -0.118. The van der Waals surface area contributed by atoms with E-state index in [2.05, 4.69) is 30.5 Å². The van der Waals surface area contributed by atoms with Crippen LogP contribution in [0.4, 0.5) is 11.4 Å². The van der Waals surface area contributed by atoms with E-state index < -0.39 is 0 Å². The van der Waals surface area contributed by atoms with Crippen LogP contribution in [0, 0.1) is 6.92 Å². The highest BCUT2D eigenvalue weighted by molar-refractivity contribution is 5.94. The number of hydrogen-bond donors (Lipinski definition) is 2. The van der Waals surface area contributed by atoms with Crippen molar-refractivity contribution in [3.63, 3.8) is 0 Å². The van der Waals surface area contributed by atoms with Gasteiger partial charge in [-0.05, 0) is 54.3 Å². The smallest absolute Gasteiger partial charge is 0.262 e. The first kappa shape index (κ1) is 18.5. The summed E-state index contributed by atoms with van der Waals surface area (Å²) >= 11 is 0. The maximum absolute atomic E-state index is 12.1. The SMILES string of the molecule is CC(=O)Nc1cccc(NC(=O)COc2cc(C)cc(C(C)C)c2)c1. The first-order valence-corrected chi connectivity index (χ1v) is 8.25. The van der Waals surface area contributed by atoms with Crippen molar-refractivity contribution >= 4 is 23.2 Å². The molecule has 0 aliphatic carbocycles. The van der Waals surface area contributed by atoms with Crippen molar-refractivity contribution in [3.8, 4) is 5.75 Å². The Kier molecular flexibility index (Phi) is 6.17. The van der Waals surface area contributed by atoms with Crippen molar-refractivity contribution in [2.24, 2.45) is 0 Å². The van der Waals surface area contributed by atoms with Crippen molar-refractivity contribution in [3.05, 3.63) is 53.6 Å². The van der Waals surface area contributed by atoms with E-state index in [0.717, 1.165) is 5.56 Å². The first-order valence-electron chi connectivity index (χ1n) is 8.25. The molecule has 0 aliphatic heterocycles. The topological polar surface area (TPSA) is 67.4 Å². The third-order valence-corrected chi connectivity index (χ3v) is 3.58. The van der Waals surface area contributed by atoms with Crippen LogP contribution >= 0.6 is 0 Å². The molecule has 0 saturated heterocycles. The van der Waals surface area contributed by atoms with Crippen LogP contribution in [0.25, 0.3) is 0 Å². The zero-order chi connectivity index (χ0) is 18.4. The molecule has 2 aromatic carbocycles. The molecule has 0 unspecified atom stereocenters. The summed E-state index contributed by atoms with van der Waals surface area (Å²) in [6, 6.07) is 13.0. The molecule has 0 spiro atoms. The molecule has 25 heavy (non-hydrogen) atoms. The molecule has 0 aliphatic rings. The maximum Gasteiger partial charge on any atom is 0.262 e. The number of rotatable bonds is 6. The predicted octanol–water partition coefficient (Wildman–Crippen LogP) is 4.09. The minimum atomic E-state index is -0.257. The highest BCUT2D eigenvalue weighted by Gasteiger charge is 2.07. The highest BCUT2D eigenvalue weighted by Crippen LogP contribution is 2.23. The fraction of sp³-hybridized carbons (Fsp3) is 0.300. The lowest BCUT2D eigenvalue weighted by Gasteiger charge is -2.12. The van der Waals surface area contributed by atoms with Gasteiger partial charge in [-0.25, -0.2) is 0 Å². The van der Waals surface area contributed by atoms with E-state index >= 15 is 0 Å². The van der Waals surface area contributed by atoms with Gasteiger partial charge in [0.15, 0.2) is 6.61 Å². The third-order valence-electron chi connectivity index (χ3n) is 3.58. The van der Waals surface area contributed by atoms with Crippen molar-refractivity contribution in [2.45, 2.75) is 33.6 Å². The van der Waals surface area contributed by atoms with Crippen LogP contribution < -0.4 is 15.4 Å². The van der Waals surface area contributed by atoms with Crippen molar-refractivity contribution in [1.29, 1.82) is 0 Å². The fourth-order valence-electron chi connectivity index (χ4n) is 2.42. The Morgan fingerprint density at radius 3 is 2.36 bits per heavy atom. The Labute approximate surface area is 148 Å². The molecule has 5 heteroatoms. The van der Waals surface area contributed by atoms with E-state index in [9.17, 15) is 9.59 Å². The second-order valence-corrected chi connectivity index (χ2v) is 6.33. The number of aryl methyl sites for hydroxylation is 1. The summed E-state index contributed by atoms with van der Waals surface area (Å²) in [6.07, 6.45) is 0. The van der Waals surface area contributed by atoms with E-state index in [1.54, 1.807) is 24.3 Å². The van der Waals surface area contributed by atoms with Crippen LogP contribution in [0.1, 0.15) is 37.8 Å². The summed E-state index contributed by atoms with van der Waals surface area (Å²) in [5.74, 6) is 0.665. The second-order valence-electron chi connectivity index (χ2n) is 6.33. The maximum atomic E-state index is 12.1. The number of carbonyl (C=O) groups excluding carboxylic acids is 2. The summed E-state index contributed by atoms with van der Waals surface area (Å²) in [6.45, 7) is 7.60. The number of hydrogen-bond acceptors (Lipinski definition) is 3. The molecule has 0 heterocycles. The Hall–Kier alpha value is -2.82. The van der Waals surface area contributed by atoms with Crippen LogP contribution in [0.2, 0.25) is 0 Å². The number of benzene rings is 2. The summed E-state index contributed by atoms with van der Waals surface area (Å²) < 4.78 is 5.62. The molecule has 0 aromatic heterocycles. The zero-order valence-corrected chi connectivity index (χ0v) is 15.1. The van der Waals surface area contributed by atoms with Gasteiger partial charge in [0.1, 0.15) is 5.75 Å². The normalized spacial score (nSPS) is 10.4. The molecule has 0 saturated carbocycles. The minimum Gasteiger partial charge on any atom is -0.484 e. The second kappa shape index (κ2) is 8.33. The zero-order valence-electron chi connectivity index (χ0n) is 15.1. The Morgan fingerprint density at radius 1 is 1.04 bits per heavy atom. The Balaban J connectivity index is 1.96. The number of amides is 2. The van der Waals surface area contributed by atoms with Gasteiger partial charge in [-0.15, -0.1) is 0 Å². The molecular weight excluding hydrogens is 316 g/mol.